The van der Waals surface area contributed by atoms with Crippen molar-refractivity contribution in [2.45, 2.75) is 40.1 Å². The topological polar surface area (TPSA) is 46.6 Å². The van der Waals surface area contributed by atoms with Gasteiger partial charge in [0.25, 0.3) is 0 Å². The van der Waals surface area contributed by atoms with Crippen molar-refractivity contribution in [1.29, 1.82) is 0 Å². The van der Waals surface area contributed by atoms with Gasteiger partial charge in [-0.3, -0.25) is 9.59 Å². The lowest BCUT2D eigenvalue weighted by Crippen LogP contribution is -2.28. The van der Waals surface area contributed by atoms with Gasteiger partial charge in [-0.25, -0.2) is 4.39 Å². The Morgan fingerprint density at radius 1 is 1.03 bits per heavy atom. The van der Waals surface area contributed by atoms with Gasteiger partial charge in [0.1, 0.15) is 12.4 Å². The van der Waals surface area contributed by atoms with Gasteiger partial charge in [0.05, 0.1) is 5.56 Å². The van der Waals surface area contributed by atoms with Gasteiger partial charge in [-0.2, -0.15) is 13.2 Å². The highest BCUT2D eigenvalue weighted by Gasteiger charge is 2.35. The highest BCUT2D eigenvalue weighted by atomic mass is 19.4. The van der Waals surface area contributed by atoms with Crippen molar-refractivity contribution in [2.24, 2.45) is 0 Å². The highest BCUT2D eigenvalue weighted by molar-refractivity contribution is 5.74. The summed E-state index contributed by atoms with van der Waals surface area (Å²) in [7, 11) is 0. The van der Waals surface area contributed by atoms with Crippen LogP contribution < -0.4 is 0 Å². The van der Waals surface area contributed by atoms with E-state index in [2.05, 4.69) is 0 Å². The van der Waals surface area contributed by atoms with Crippen molar-refractivity contribution in [2.75, 3.05) is 6.54 Å². The summed E-state index contributed by atoms with van der Waals surface area (Å²) in [4.78, 5) is 24.3. The van der Waals surface area contributed by atoms with Crippen molar-refractivity contribution in [3.8, 4) is 11.1 Å². The number of hydrogen-bond acceptors (Lipinski definition) is 3. The maximum Gasteiger partial charge on any atom is 0.416 e. The first-order chi connectivity index (χ1) is 13.5. The molecule has 4 nitrogen and oxygen atoms in total. The molecule has 0 unspecified atom stereocenters. The summed E-state index contributed by atoms with van der Waals surface area (Å²) < 4.78 is 59.4. The molecule has 0 saturated carbocycles. The minimum atomic E-state index is -4.80. The van der Waals surface area contributed by atoms with Crippen LogP contribution in [0.4, 0.5) is 17.6 Å². The number of alkyl halides is 3. The van der Waals surface area contributed by atoms with E-state index in [1.807, 2.05) is 0 Å². The van der Waals surface area contributed by atoms with Crippen molar-refractivity contribution in [3.05, 3.63) is 58.9 Å². The monoisotopic (exact) mass is 411 g/mol. The SMILES string of the molecule is CCN(Cc1ccccc1-c1cc(COC(C)=O)c(C(F)(F)F)cc1F)C(C)=O. The molecule has 0 aliphatic heterocycles. The van der Waals surface area contributed by atoms with Gasteiger partial charge >= 0.3 is 12.1 Å². The molecular formula is C21H21F4NO3. The van der Waals surface area contributed by atoms with Crippen LogP contribution in [0, 0.1) is 5.82 Å². The largest absolute Gasteiger partial charge is 0.461 e. The molecule has 0 heterocycles. The Bertz CT molecular complexity index is 909. The fourth-order valence-electron chi connectivity index (χ4n) is 2.96. The Hall–Kier alpha value is -2.90. The predicted octanol–water partition coefficient (Wildman–Crippen LogP) is 4.94. The molecule has 1 amide bonds. The standard InChI is InChI=1S/C21H21F4NO3/c1-4-26(13(2)27)11-15-7-5-6-8-17(15)18-9-16(12-29-14(3)28)19(10-20(18)22)21(23,24)25/h5-10H,4,11-12H2,1-3H3. The van der Waals surface area contributed by atoms with Crippen LogP contribution in [0.1, 0.15) is 37.5 Å². The van der Waals surface area contributed by atoms with Gasteiger partial charge in [0.2, 0.25) is 5.91 Å². The van der Waals surface area contributed by atoms with Gasteiger partial charge in [-0.05, 0) is 30.2 Å². The van der Waals surface area contributed by atoms with Crippen LogP contribution >= 0.6 is 0 Å². The maximum absolute atomic E-state index is 14.7. The molecule has 2 aromatic rings. The minimum Gasteiger partial charge on any atom is -0.461 e. The summed E-state index contributed by atoms with van der Waals surface area (Å²) >= 11 is 0. The second kappa shape index (κ2) is 9.07. The summed E-state index contributed by atoms with van der Waals surface area (Å²) in [6, 6.07) is 8.05. The first-order valence-corrected chi connectivity index (χ1v) is 8.91. The van der Waals surface area contributed by atoms with E-state index in [1.54, 1.807) is 31.2 Å². The number of nitrogens with zero attached hydrogens (tertiary/aromatic N) is 1. The quantitative estimate of drug-likeness (QED) is 0.500. The minimum absolute atomic E-state index is 0.0599. The van der Waals surface area contributed by atoms with Crippen molar-refractivity contribution < 1.29 is 31.9 Å². The molecule has 0 fully saturated rings. The Morgan fingerprint density at radius 2 is 1.69 bits per heavy atom. The number of hydrogen-bond donors (Lipinski definition) is 0. The molecule has 0 bridgehead atoms. The van der Waals surface area contributed by atoms with E-state index in [9.17, 15) is 27.2 Å². The van der Waals surface area contributed by atoms with Gasteiger partial charge in [0, 0.05) is 38.1 Å². The normalized spacial score (nSPS) is 11.3. The number of benzene rings is 2. The summed E-state index contributed by atoms with van der Waals surface area (Å²) in [6.07, 6.45) is -4.80. The second-order valence-corrected chi connectivity index (χ2v) is 6.46. The van der Waals surface area contributed by atoms with Crippen LogP contribution in [0.2, 0.25) is 0 Å². The maximum atomic E-state index is 14.7. The van der Waals surface area contributed by atoms with Gasteiger partial charge in [0.15, 0.2) is 0 Å². The number of carbonyl (C=O) groups is 2. The number of halogens is 4. The molecule has 0 aromatic heterocycles. The molecule has 0 radical (unpaired) electrons. The molecule has 0 saturated heterocycles. The third kappa shape index (κ3) is 5.56. The van der Waals surface area contributed by atoms with E-state index >= 15 is 0 Å². The summed E-state index contributed by atoms with van der Waals surface area (Å²) in [6.45, 7) is 4.25. The van der Waals surface area contributed by atoms with Crippen molar-refractivity contribution in [1.82, 2.24) is 4.90 Å². The molecule has 2 aromatic carbocycles. The number of amides is 1. The highest BCUT2D eigenvalue weighted by Crippen LogP contribution is 2.37. The Morgan fingerprint density at radius 3 is 2.24 bits per heavy atom. The van der Waals surface area contributed by atoms with E-state index in [0.717, 1.165) is 13.0 Å². The molecule has 0 aliphatic carbocycles. The van der Waals surface area contributed by atoms with Crippen LogP contribution in [0.5, 0.6) is 0 Å². The summed E-state index contributed by atoms with van der Waals surface area (Å²) in [5.74, 6) is -1.97. The van der Waals surface area contributed by atoms with Gasteiger partial charge in [-0.1, -0.05) is 24.3 Å². The van der Waals surface area contributed by atoms with Crippen LogP contribution in [-0.4, -0.2) is 23.3 Å². The number of esters is 1. The summed E-state index contributed by atoms with van der Waals surface area (Å²) in [5.41, 5.74) is -0.659. The molecular weight excluding hydrogens is 390 g/mol. The fraction of sp³-hybridized carbons (Fsp3) is 0.333. The number of rotatable bonds is 6. The van der Waals surface area contributed by atoms with E-state index in [1.165, 1.54) is 11.8 Å². The molecule has 29 heavy (non-hydrogen) atoms. The van der Waals surface area contributed by atoms with E-state index < -0.39 is 30.1 Å². The van der Waals surface area contributed by atoms with Crippen molar-refractivity contribution >= 4 is 11.9 Å². The van der Waals surface area contributed by atoms with E-state index in [-0.39, 0.29) is 23.6 Å². The molecule has 0 spiro atoms. The second-order valence-electron chi connectivity index (χ2n) is 6.46. The van der Waals surface area contributed by atoms with Gasteiger partial charge < -0.3 is 9.64 Å². The first-order valence-electron chi connectivity index (χ1n) is 8.91. The Labute approximate surface area is 166 Å². The van der Waals surface area contributed by atoms with Crippen LogP contribution in [-0.2, 0) is 33.7 Å². The third-order valence-electron chi connectivity index (χ3n) is 4.43. The van der Waals surface area contributed by atoms with Crippen molar-refractivity contribution in [3.63, 3.8) is 0 Å². The molecule has 0 atom stereocenters. The Kier molecular flexibility index (Phi) is 7.00. The smallest absolute Gasteiger partial charge is 0.416 e. The average Bonchev–Trinajstić information content (AvgIpc) is 2.64. The molecule has 0 aliphatic rings. The number of carbonyl (C=O) groups excluding carboxylic acids is 2. The lowest BCUT2D eigenvalue weighted by atomic mass is 9.94. The average molecular weight is 411 g/mol. The van der Waals surface area contributed by atoms with E-state index in [0.29, 0.717) is 23.7 Å². The predicted molar refractivity (Wildman–Crippen MR) is 99.1 cm³/mol. The molecule has 8 heteroatoms. The van der Waals surface area contributed by atoms with E-state index in [4.69, 9.17) is 4.74 Å². The molecule has 0 N–H and O–H groups in total. The van der Waals surface area contributed by atoms with Crippen LogP contribution in [0.15, 0.2) is 36.4 Å². The fourth-order valence-corrected chi connectivity index (χ4v) is 2.96. The molecule has 2 rings (SSSR count). The Balaban J connectivity index is 2.59. The molecule has 156 valence electrons. The lowest BCUT2D eigenvalue weighted by molar-refractivity contribution is -0.145. The van der Waals surface area contributed by atoms with Crippen LogP contribution in [0.25, 0.3) is 11.1 Å². The van der Waals surface area contributed by atoms with Gasteiger partial charge in [-0.15, -0.1) is 0 Å². The lowest BCUT2D eigenvalue weighted by Gasteiger charge is -2.22. The van der Waals surface area contributed by atoms with Crippen LogP contribution in [0.3, 0.4) is 0 Å². The summed E-state index contributed by atoms with van der Waals surface area (Å²) in [5, 5.41) is 0. The zero-order valence-electron chi connectivity index (χ0n) is 16.3. The zero-order chi connectivity index (χ0) is 21.8. The number of ether oxygens (including phenoxy) is 1. The third-order valence-corrected chi connectivity index (χ3v) is 4.43. The zero-order valence-corrected chi connectivity index (χ0v) is 16.3. The first kappa shape index (κ1) is 22.4.